The lowest BCUT2D eigenvalue weighted by Crippen LogP contribution is -2.24. The monoisotopic (exact) mass is 306 g/mol. The van der Waals surface area contributed by atoms with Crippen LogP contribution in [0.15, 0.2) is 42.5 Å². The quantitative estimate of drug-likeness (QED) is 0.881. The number of hydrogen-bond donors (Lipinski definition) is 1. The molecule has 4 heteroatoms. The maximum Gasteiger partial charge on any atom is 0.123 e. The Morgan fingerprint density at radius 3 is 2.62 bits per heavy atom. The van der Waals surface area contributed by atoms with E-state index in [0.29, 0.717) is 6.54 Å². The molecule has 0 aliphatic carbocycles. The smallest absolute Gasteiger partial charge is 0.123 e. The molecule has 0 spiro atoms. The van der Waals surface area contributed by atoms with Crippen LogP contribution in [0.5, 0.6) is 0 Å². The zero-order valence-electron chi connectivity index (χ0n) is 12.5. The van der Waals surface area contributed by atoms with E-state index < -0.39 is 0 Å². The van der Waals surface area contributed by atoms with Crippen LogP contribution in [0.4, 0.5) is 10.1 Å². The van der Waals surface area contributed by atoms with E-state index in [1.54, 1.807) is 6.07 Å². The largest absolute Gasteiger partial charge is 0.368 e. The second kappa shape index (κ2) is 6.92. The summed E-state index contributed by atoms with van der Waals surface area (Å²) in [4.78, 5) is 2.12. The van der Waals surface area contributed by atoms with Crippen LogP contribution >= 0.6 is 11.6 Å². The summed E-state index contributed by atoms with van der Waals surface area (Å²) in [5.74, 6) is -0.220. The first-order chi connectivity index (χ1) is 10.0. The minimum absolute atomic E-state index is 0.0970. The second-order valence-electron chi connectivity index (χ2n) is 5.11. The number of halogens is 2. The molecule has 0 bridgehead atoms. The molecule has 2 nitrogen and oxygen atoms in total. The molecular weight excluding hydrogens is 287 g/mol. The van der Waals surface area contributed by atoms with Gasteiger partial charge >= 0.3 is 0 Å². The Morgan fingerprint density at radius 1 is 1.24 bits per heavy atom. The van der Waals surface area contributed by atoms with Crippen LogP contribution in [0, 0.1) is 5.82 Å². The first-order valence-electron chi connectivity index (χ1n) is 6.95. The second-order valence-corrected chi connectivity index (χ2v) is 5.52. The summed E-state index contributed by atoms with van der Waals surface area (Å²) in [6.07, 6.45) is 0. The van der Waals surface area contributed by atoms with Crippen LogP contribution in [-0.4, -0.2) is 14.1 Å². The molecule has 0 saturated heterocycles. The van der Waals surface area contributed by atoms with Crippen molar-refractivity contribution in [1.29, 1.82) is 0 Å². The number of nitrogens with one attached hydrogen (secondary N) is 1. The number of benzene rings is 2. The maximum atomic E-state index is 13.5. The van der Waals surface area contributed by atoms with Crippen molar-refractivity contribution in [3.05, 3.63) is 64.4 Å². The highest BCUT2D eigenvalue weighted by atomic mass is 35.5. The summed E-state index contributed by atoms with van der Waals surface area (Å²) >= 11 is 6.28. The summed E-state index contributed by atoms with van der Waals surface area (Å²) in [7, 11) is 3.85. The normalized spacial score (nSPS) is 12.2. The van der Waals surface area contributed by atoms with Crippen LogP contribution in [0.3, 0.4) is 0 Å². The highest BCUT2D eigenvalue weighted by molar-refractivity contribution is 6.31. The average molecular weight is 307 g/mol. The van der Waals surface area contributed by atoms with Crippen LogP contribution in [0.25, 0.3) is 0 Å². The van der Waals surface area contributed by atoms with Gasteiger partial charge in [-0.05, 0) is 49.4 Å². The van der Waals surface area contributed by atoms with E-state index in [4.69, 9.17) is 11.6 Å². The van der Waals surface area contributed by atoms with Crippen molar-refractivity contribution in [2.75, 3.05) is 19.0 Å². The van der Waals surface area contributed by atoms with E-state index in [1.165, 1.54) is 6.07 Å². The fourth-order valence-corrected chi connectivity index (χ4v) is 2.76. The van der Waals surface area contributed by atoms with Crippen molar-refractivity contribution in [2.45, 2.75) is 19.5 Å². The Balaban J connectivity index is 2.35. The molecule has 1 unspecified atom stereocenters. The molecule has 0 heterocycles. The summed E-state index contributed by atoms with van der Waals surface area (Å²) < 4.78 is 13.5. The zero-order chi connectivity index (χ0) is 15.4. The van der Waals surface area contributed by atoms with E-state index in [2.05, 4.69) is 17.1 Å². The van der Waals surface area contributed by atoms with Crippen LogP contribution in [0.2, 0.25) is 5.02 Å². The van der Waals surface area contributed by atoms with E-state index in [-0.39, 0.29) is 11.9 Å². The Hall–Kier alpha value is -1.58. The third kappa shape index (κ3) is 3.55. The van der Waals surface area contributed by atoms with Gasteiger partial charge in [0.15, 0.2) is 0 Å². The highest BCUT2D eigenvalue weighted by Gasteiger charge is 2.17. The molecule has 2 aromatic carbocycles. The number of anilines is 1. The molecular formula is C17H20ClFN2. The van der Waals surface area contributed by atoms with Gasteiger partial charge in [-0.15, -0.1) is 0 Å². The van der Waals surface area contributed by atoms with Gasteiger partial charge in [-0.3, -0.25) is 0 Å². The third-order valence-corrected chi connectivity index (χ3v) is 4.07. The SMILES string of the molecule is CNCc1cc(F)ccc1N(C)C(C)c1ccccc1Cl. The Bertz CT molecular complexity index is 615. The summed E-state index contributed by atoms with van der Waals surface area (Å²) in [5, 5.41) is 3.82. The molecule has 0 radical (unpaired) electrons. The van der Waals surface area contributed by atoms with Gasteiger partial charge in [0.1, 0.15) is 5.82 Å². The minimum Gasteiger partial charge on any atom is -0.368 e. The lowest BCUT2D eigenvalue weighted by molar-refractivity contribution is 0.622. The fraction of sp³-hybridized carbons (Fsp3) is 0.294. The lowest BCUT2D eigenvalue weighted by Gasteiger charge is -2.30. The van der Waals surface area contributed by atoms with Crippen LogP contribution < -0.4 is 10.2 Å². The molecule has 0 aliphatic heterocycles. The predicted octanol–water partition coefficient (Wildman–Crippen LogP) is 4.40. The summed E-state index contributed by atoms with van der Waals surface area (Å²) in [5.41, 5.74) is 2.98. The van der Waals surface area contributed by atoms with Crippen molar-refractivity contribution < 1.29 is 4.39 Å². The molecule has 0 amide bonds. The average Bonchev–Trinajstić information content (AvgIpc) is 2.47. The van der Waals surface area contributed by atoms with Gasteiger partial charge in [-0.25, -0.2) is 4.39 Å². The van der Waals surface area contributed by atoms with Crippen molar-refractivity contribution in [3.63, 3.8) is 0 Å². The number of nitrogens with zero attached hydrogens (tertiary/aromatic N) is 1. The molecule has 0 aliphatic rings. The molecule has 112 valence electrons. The summed E-state index contributed by atoms with van der Waals surface area (Å²) in [6, 6.07) is 12.8. The lowest BCUT2D eigenvalue weighted by atomic mass is 10.0. The van der Waals surface area contributed by atoms with Crippen LogP contribution in [-0.2, 0) is 6.54 Å². The topological polar surface area (TPSA) is 15.3 Å². The molecule has 21 heavy (non-hydrogen) atoms. The van der Waals surface area contributed by atoms with E-state index >= 15 is 0 Å². The van der Waals surface area contributed by atoms with Gasteiger partial charge in [0, 0.05) is 24.3 Å². The first-order valence-corrected chi connectivity index (χ1v) is 7.32. The van der Waals surface area contributed by atoms with E-state index in [0.717, 1.165) is 21.8 Å². The predicted molar refractivity (Wildman–Crippen MR) is 87.4 cm³/mol. The van der Waals surface area contributed by atoms with Gasteiger partial charge < -0.3 is 10.2 Å². The van der Waals surface area contributed by atoms with Gasteiger partial charge in [0.05, 0.1) is 6.04 Å². The molecule has 2 rings (SSSR count). The molecule has 0 aromatic heterocycles. The Kier molecular flexibility index (Phi) is 5.21. The van der Waals surface area contributed by atoms with Gasteiger partial charge in [-0.2, -0.15) is 0 Å². The Morgan fingerprint density at radius 2 is 1.95 bits per heavy atom. The minimum atomic E-state index is -0.220. The zero-order valence-corrected chi connectivity index (χ0v) is 13.3. The maximum absolute atomic E-state index is 13.5. The highest BCUT2D eigenvalue weighted by Crippen LogP contribution is 2.32. The first kappa shape index (κ1) is 15.8. The van der Waals surface area contributed by atoms with Gasteiger partial charge in [0.2, 0.25) is 0 Å². The van der Waals surface area contributed by atoms with Gasteiger partial charge in [0.25, 0.3) is 0 Å². The number of rotatable bonds is 5. The third-order valence-electron chi connectivity index (χ3n) is 3.73. The molecule has 2 aromatic rings. The fourth-order valence-electron chi connectivity index (χ4n) is 2.46. The molecule has 1 N–H and O–H groups in total. The Labute approximate surface area is 130 Å². The van der Waals surface area contributed by atoms with Crippen molar-refractivity contribution >= 4 is 17.3 Å². The van der Waals surface area contributed by atoms with Crippen molar-refractivity contribution in [2.24, 2.45) is 0 Å². The van der Waals surface area contributed by atoms with Gasteiger partial charge in [-0.1, -0.05) is 29.8 Å². The molecule has 1 atom stereocenters. The standard InChI is InChI=1S/C17H20ClFN2/c1-12(15-6-4-5-7-16(15)18)21(3)17-9-8-14(19)10-13(17)11-20-2/h4-10,12,20H,11H2,1-3H3. The number of hydrogen-bond acceptors (Lipinski definition) is 2. The van der Waals surface area contributed by atoms with E-state index in [9.17, 15) is 4.39 Å². The summed E-state index contributed by atoms with van der Waals surface area (Å²) in [6.45, 7) is 2.71. The van der Waals surface area contributed by atoms with Crippen molar-refractivity contribution in [1.82, 2.24) is 5.32 Å². The van der Waals surface area contributed by atoms with E-state index in [1.807, 2.05) is 44.4 Å². The molecule has 0 saturated carbocycles. The molecule has 0 fully saturated rings. The van der Waals surface area contributed by atoms with Crippen molar-refractivity contribution in [3.8, 4) is 0 Å². The van der Waals surface area contributed by atoms with Crippen LogP contribution in [0.1, 0.15) is 24.1 Å².